The number of hydrogen-bond acceptors (Lipinski definition) is 7. The highest BCUT2D eigenvalue weighted by molar-refractivity contribution is 7.91. The van der Waals surface area contributed by atoms with Crippen LogP contribution < -0.4 is 5.32 Å². The highest BCUT2D eigenvalue weighted by atomic mass is 32.2. The summed E-state index contributed by atoms with van der Waals surface area (Å²) >= 11 is 0. The zero-order valence-electron chi connectivity index (χ0n) is 18.3. The number of hydrogen-bond donors (Lipinski definition) is 3. The second-order valence-corrected chi connectivity index (χ2v) is 8.75. The fourth-order valence-corrected chi connectivity index (χ4v) is 4.06. The van der Waals surface area contributed by atoms with Crippen molar-refractivity contribution >= 4 is 21.8 Å². The fourth-order valence-electron chi connectivity index (χ4n) is 2.72. The maximum Gasteiger partial charge on any atom is 0.328 e. The molecule has 0 fully saturated rings. The van der Waals surface area contributed by atoms with Gasteiger partial charge in [0.15, 0.2) is 5.03 Å². The molecule has 0 aliphatic heterocycles. The smallest absolute Gasteiger partial charge is 0.328 e. The fraction of sp³-hybridized carbons (Fsp3) is 0.182. The van der Waals surface area contributed by atoms with Gasteiger partial charge < -0.3 is 15.5 Å². The highest BCUT2D eigenvalue weighted by Crippen LogP contribution is 2.25. The summed E-state index contributed by atoms with van der Waals surface area (Å²) in [6, 6.07) is 12.4. The minimum Gasteiger partial charge on any atom is -0.478 e. The van der Waals surface area contributed by atoms with Crippen LogP contribution in [0.4, 0.5) is 0 Å². The number of carboxylic acid groups (broad SMARTS) is 2. The molecule has 0 bridgehead atoms. The summed E-state index contributed by atoms with van der Waals surface area (Å²) in [4.78, 5) is 23.4. The number of carbonyl (C=O) groups is 2. The van der Waals surface area contributed by atoms with Crippen LogP contribution in [-0.2, 0) is 26.0 Å². The van der Waals surface area contributed by atoms with E-state index in [0.717, 1.165) is 16.9 Å². The van der Waals surface area contributed by atoms with Crippen LogP contribution in [0, 0.1) is 13.8 Å². The average Bonchev–Trinajstić information content (AvgIpc) is 3.18. The molecule has 0 aliphatic rings. The minimum atomic E-state index is -3.74. The maximum atomic E-state index is 13.1. The third kappa shape index (κ3) is 6.82. The van der Waals surface area contributed by atoms with E-state index in [0.29, 0.717) is 24.4 Å². The van der Waals surface area contributed by atoms with Gasteiger partial charge in [-0.25, -0.2) is 22.7 Å². The SMILES string of the molecule is CNCc1cc(S(=O)(=O)c2ccc(C)nc2)n(-c2ccccc2C)n1.O=C(O)/C=C/C(=O)O. The first-order valence-electron chi connectivity index (χ1n) is 9.67. The number of aryl methyl sites for hydroxylation is 2. The van der Waals surface area contributed by atoms with Crippen LogP contribution in [0.5, 0.6) is 0 Å². The number of sulfone groups is 1. The van der Waals surface area contributed by atoms with E-state index in [2.05, 4.69) is 15.4 Å². The number of benzene rings is 1. The van der Waals surface area contributed by atoms with E-state index >= 15 is 0 Å². The van der Waals surface area contributed by atoms with Gasteiger partial charge in [0.05, 0.1) is 16.3 Å². The van der Waals surface area contributed by atoms with Crippen molar-refractivity contribution in [1.82, 2.24) is 20.1 Å². The first kappa shape index (κ1) is 25.4. The van der Waals surface area contributed by atoms with Gasteiger partial charge in [-0.2, -0.15) is 5.10 Å². The predicted molar refractivity (Wildman–Crippen MR) is 120 cm³/mol. The number of aromatic nitrogens is 3. The Labute approximate surface area is 191 Å². The molecule has 3 aromatic rings. The molecular formula is C22H24N4O6S. The molecule has 2 heterocycles. The molecule has 10 nitrogen and oxygen atoms in total. The van der Waals surface area contributed by atoms with Crippen molar-refractivity contribution in [1.29, 1.82) is 0 Å². The minimum absolute atomic E-state index is 0.137. The lowest BCUT2D eigenvalue weighted by Gasteiger charge is -2.10. The van der Waals surface area contributed by atoms with Crippen molar-refractivity contribution in [3.63, 3.8) is 0 Å². The van der Waals surface area contributed by atoms with Gasteiger partial charge in [0.2, 0.25) is 9.84 Å². The predicted octanol–water partition coefficient (Wildman–Crippen LogP) is 2.15. The van der Waals surface area contributed by atoms with E-state index in [4.69, 9.17) is 10.2 Å². The van der Waals surface area contributed by atoms with Crippen LogP contribution in [0.1, 0.15) is 17.0 Å². The number of rotatable bonds is 7. The number of nitrogens with zero attached hydrogens (tertiary/aromatic N) is 3. The second-order valence-electron chi connectivity index (χ2n) is 6.85. The summed E-state index contributed by atoms with van der Waals surface area (Å²) in [5.74, 6) is -2.51. The molecule has 2 aromatic heterocycles. The Morgan fingerprint density at radius 3 is 2.21 bits per heavy atom. The summed E-state index contributed by atoms with van der Waals surface area (Å²) in [6.45, 7) is 4.23. The molecule has 0 atom stereocenters. The van der Waals surface area contributed by atoms with Gasteiger partial charge in [0.1, 0.15) is 0 Å². The van der Waals surface area contributed by atoms with Gasteiger partial charge in [-0.3, -0.25) is 4.98 Å². The standard InChI is InChI=1S/C18H20N4O2S.C4H4O4/c1-13-6-4-5-7-17(13)22-18(10-15(21-22)11-19-3)25(23,24)16-9-8-14(2)20-12-16;5-3(6)1-2-4(7)8/h4-10,12,19H,11H2,1-3H3;1-2H,(H,5,6)(H,7,8)/b;2-1+. The monoisotopic (exact) mass is 472 g/mol. The molecule has 1 aromatic carbocycles. The Hall–Kier alpha value is -3.83. The van der Waals surface area contributed by atoms with Crippen LogP contribution in [0.2, 0.25) is 0 Å². The Morgan fingerprint density at radius 1 is 1.06 bits per heavy atom. The van der Waals surface area contributed by atoms with Gasteiger partial charge in [-0.15, -0.1) is 0 Å². The molecule has 0 aliphatic carbocycles. The summed E-state index contributed by atoms with van der Waals surface area (Å²) in [5.41, 5.74) is 3.11. The molecule has 11 heteroatoms. The van der Waals surface area contributed by atoms with Crippen molar-refractivity contribution in [2.24, 2.45) is 0 Å². The van der Waals surface area contributed by atoms with E-state index in [-0.39, 0.29) is 9.92 Å². The van der Waals surface area contributed by atoms with Crippen molar-refractivity contribution in [2.75, 3.05) is 7.05 Å². The summed E-state index contributed by atoms with van der Waals surface area (Å²) in [5, 5.41) is 23.3. The van der Waals surface area contributed by atoms with Gasteiger partial charge in [0.25, 0.3) is 0 Å². The van der Waals surface area contributed by atoms with Crippen molar-refractivity contribution in [2.45, 2.75) is 30.3 Å². The average molecular weight is 473 g/mol. The number of nitrogens with one attached hydrogen (secondary N) is 1. The maximum absolute atomic E-state index is 13.1. The molecule has 0 unspecified atom stereocenters. The largest absolute Gasteiger partial charge is 0.478 e. The molecule has 0 saturated carbocycles. The molecule has 0 spiro atoms. The molecule has 0 radical (unpaired) electrons. The van der Waals surface area contributed by atoms with Crippen molar-refractivity contribution in [3.8, 4) is 5.69 Å². The van der Waals surface area contributed by atoms with Gasteiger partial charge >= 0.3 is 11.9 Å². The van der Waals surface area contributed by atoms with Gasteiger partial charge in [-0.05, 0) is 44.7 Å². The van der Waals surface area contributed by atoms with Crippen molar-refractivity contribution < 1.29 is 28.2 Å². The van der Waals surface area contributed by atoms with E-state index < -0.39 is 21.8 Å². The van der Waals surface area contributed by atoms with E-state index in [9.17, 15) is 18.0 Å². The Kier molecular flexibility index (Phi) is 8.60. The molecule has 3 rings (SSSR count). The zero-order valence-corrected chi connectivity index (χ0v) is 19.1. The topological polar surface area (TPSA) is 151 Å². The number of carboxylic acids is 2. The molecule has 0 amide bonds. The summed E-state index contributed by atoms with van der Waals surface area (Å²) in [6.07, 6.45) is 2.50. The molecule has 174 valence electrons. The van der Waals surface area contributed by atoms with Crippen LogP contribution in [0.15, 0.2) is 70.7 Å². The lowest BCUT2D eigenvalue weighted by molar-refractivity contribution is -0.134. The van der Waals surface area contributed by atoms with E-state index in [1.807, 2.05) is 38.1 Å². The lowest BCUT2D eigenvalue weighted by atomic mass is 10.2. The third-order valence-electron chi connectivity index (χ3n) is 4.27. The van der Waals surface area contributed by atoms with Crippen LogP contribution in [0.25, 0.3) is 5.69 Å². The zero-order chi connectivity index (χ0) is 24.6. The molecule has 3 N–H and O–H groups in total. The van der Waals surface area contributed by atoms with Crippen LogP contribution in [0.3, 0.4) is 0 Å². The first-order chi connectivity index (χ1) is 15.6. The molecule has 33 heavy (non-hydrogen) atoms. The van der Waals surface area contributed by atoms with Crippen LogP contribution in [-0.4, -0.2) is 52.4 Å². The summed E-state index contributed by atoms with van der Waals surface area (Å²) in [7, 11) is -1.94. The highest BCUT2D eigenvalue weighted by Gasteiger charge is 2.25. The number of pyridine rings is 1. The quantitative estimate of drug-likeness (QED) is 0.439. The van der Waals surface area contributed by atoms with Crippen molar-refractivity contribution in [3.05, 3.63) is 77.8 Å². The number of para-hydroxylation sites is 1. The van der Waals surface area contributed by atoms with E-state index in [1.54, 1.807) is 25.2 Å². The third-order valence-corrected chi connectivity index (χ3v) is 5.97. The number of aliphatic carboxylic acids is 2. The van der Waals surface area contributed by atoms with Gasteiger partial charge in [-0.1, -0.05) is 18.2 Å². The molecular weight excluding hydrogens is 448 g/mol. The van der Waals surface area contributed by atoms with E-state index in [1.165, 1.54) is 10.9 Å². The normalized spacial score (nSPS) is 11.1. The molecule has 0 saturated heterocycles. The lowest BCUT2D eigenvalue weighted by Crippen LogP contribution is -2.11. The van der Waals surface area contributed by atoms with Crippen LogP contribution >= 0.6 is 0 Å². The first-order valence-corrected chi connectivity index (χ1v) is 11.2. The Morgan fingerprint density at radius 2 is 1.70 bits per heavy atom. The summed E-state index contributed by atoms with van der Waals surface area (Å²) < 4.78 is 27.8. The Balaban J connectivity index is 0.000000414. The Bertz CT molecular complexity index is 1250. The second kappa shape index (κ2) is 11.2. The van der Waals surface area contributed by atoms with Gasteiger partial charge in [0, 0.05) is 36.7 Å².